The van der Waals surface area contributed by atoms with Gasteiger partial charge in [0.2, 0.25) is 5.91 Å². The summed E-state index contributed by atoms with van der Waals surface area (Å²) in [7, 11) is 3.36. The van der Waals surface area contributed by atoms with Gasteiger partial charge < -0.3 is 14.6 Å². The van der Waals surface area contributed by atoms with Crippen LogP contribution in [-0.4, -0.2) is 33.5 Å². The van der Waals surface area contributed by atoms with Crippen molar-refractivity contribution < 1.29 is 18.3 Å². The zero-order valence-electron chi connectivity index (χ0n) is 14.6. The molecule has 1 aromatic heterocycles. The third-order valence-electron chi connectivity index (χ3n) is 3.66. The molecule has 0 spiro atoms. The second-order valence-electron chi connectivity index (χ2n) is 5.56. The number of hydrogen-bond acceptors (Lipinski definition) is 5. The van der Waals surface area contributed by atoms with Gasteiger partial charge in [-0.15, -0.1) is 10.2 Å². The van der Waals surface area contributed by atoms with Crippen molar-refractivity contribution in [2.24, 2.45) is 7.05 Å². The van der Waals surface area contributed by atoms with Gasteiger partial charge in [-0.05, 0) is 24.3 Å². The molecule has 0 aliphatic carbocycles. The van der Waals surface area contributed by atoms with E-state index in [9.17, 15) is 13.6 Å². The molecule has 3 aromatic rings. The first kappa shape index (κ1) is 18.8. The van der Waals surface area contributed by atoms with Gasteiger partial charge in [0.15, 0.2) is 11.0 Å². The number of benzene rings is 2. The minimum Gasteiger partial charge on any atom is -0.496 e. The predicted molar refractivity (Wildman–Crippen MR) is 98.7 cm³/mol. The van der Waals surface area contributed by atoms with E-state index in [0.717, 1.165) is 35.5 Å². The van der Waals surface area contributed by atoms with Gasteiger partial charge in [0.1, 0.15) is 17.4 Å². The lowest BCUT2D eigenvalue weighted by Gasteiger charge is -2.08. The normalized spacial score (nSPS) is 10.7. The number of halogens is 2. The minimum absolute atomic E-state index is 0.00995. The molecule has 2 aromatic carbocycles. The highest BCUT2D eigenvalue weighted by molar-refractivity contribution is 7.99. The first-order chi connectivity index (χ1) is 13.0. The second kappa shape index (κ2) is 8.17. The number of nitrogens with zero attached hydrogens (tertiary/aromatic N) is 3. The maximum atomic E-state index is 13.2. The first-order valence-electron chi connectivity index (χ1n) is 7.89. The lowest BCUT2D eigenvalue weighted by atomic mass is 10.2. The largest absolute Gasteiger partial charge is 0.496 e. The second-order valence-corrected chi connectivity index (χ2v) is 6.50. The number of aromatic nitrogens is 3. The van der Waals surface area contributed by atoms with Crippen LogP contribution in [0.5, 0.6) is 5.75 Å². The Morgan fingerprint density at radius 1 is 1.19 bits per heavy atom. The molecule has 0 radical (unpaired) electrons. The van der Waals surface area contributed by atoms with E-state index in [-0.39, 0.29) is 11.4 Å². The fourth-order valence-electron chi connectivity index (χ4n) is 2.46. The van der Waals surface area contributed by atoms with Gasteiger partial charge in [0, 0.05) is 18.8 Å². The number of nitrogens with one attached hydrogen (secondary N) is 1. The summed E-state index contributed by atoms with van der Waals surface area (Å²) in [6.07, 6.45) is 0. The average molecular weight is 390 g/mol. The van der Waals surface area contributed by atoms with E-state index < -0.39 is 17.5 Å². The minimum atomic E-state index is -0.757. The van der Waals surface area contributed by atoms with Crippen molar-refractivity contribution in [3.63, 3.8) is 0 Å². The number of carbonyl (C=O) groups is 1. The fourth-order valence-corrected chi connectivity index (χ4v) is 3.17. The highest BCUT2D eigenvalue weighted by Gasteiger charge is 2.16. The molecule has 1 heterocycles. The van der Waals surface area contributed by atoms with Crippen LogP contribution in [0.4, 0.5) is 14.5 Å². The predicted octanol–water partition coefficient (Wildman–Crippen LogP) is 3.50. The lowest BCUT2D eigenvalue weighted by Crippen LogP contribution is -2.14. The average Bonchev–Trinajstić information content (AvgIpc) is 2.99. The van der Waals surface area contributed by atoms with Crippen LogP contribution in [0.1, 0.15) is 0 Å². The molecule has 0 saturated carbocycles. The van der Waals surface area contributed by atoms with E-state index in [1.165, 1.54) is 0 Å². The number of carbonyl (C=O) groups excluding carboxylic acids is 1. The van der Waals surface area contributed by atoms with Crippen molar-refractivity contribution >= 4 is 23.4 Å². The van der Waals surface area contributed by atoms with E-state index in [1.54, 1.807) is 18.7 Å². The van der Waals surface area contributed by atoms with Crippen molar-refractivity contribution in [1.82, 2.24) is 14.8 Å². The maximum absolute atomic E-state index is 13.2. The number of methoxy groups -OCH3 is 1. The Kier molecular flexibility index (Phi) is 5.70. The van der Waals surface area contributed by atoms with Crippen LogP contribution < -0.4 is 10.1 Å². The molecule has 0 aliphatic heterocycles. The summed E-state index contributed by atoms with van der Waals surface area (Å²) in [6, 6.07) is 10.2. The molecule has 6 nitrogen and oxygen atoms in total. The highest BCUT2D eigenvalue weighted by atomic mass is 32.2. The standard InChI is InChI=1S/C18H16F2N4O2S/c1-24-17(14-5-3-4-6-15(14)26-2)22-23-18(24)27-10-16(25)21-13-8-11(19)7-12(20)9-13/h3-9H,10H2,1-2H3,(H,21,25). The van der Waals surface area contributed by atoms with Crippen LogP contribution >= 0.6 is 11.8 Å². The molecule has 0 saturated heterocycles. The van der Waals surface area contributed by atoms with E-state index >= 15 is 0 Å². The number of rotatable bonds is 6. The summed E-state index contributed by atoms with van der Waals surface area (Å²) in [4.78, 5) is 12.0. The summed E-state index contributed by atoms with van der Waals surface area (Å²) in [5.74, 6) is -0.652. The van der Waals surface area contributed by atoms with Gasteiger partial charge in [0.25, 0.3) is 0 Å². The zero-order valence-corrected chi connectivity index (χ0v) is 15.4. The van der Waals surface area contributed by atoms with Gasteiger partial charge in [-0.3, -0.25) is 4.79 Å². The SMILES string of the molecule is COc1ccccc1-c1nnc(SCC(=O)Nc2cc(F)cc(F)c2)n1C. The molecule has 3 rings (SSSR count). The third kappa shape index (κ3) is 4.43. The topological polar surface area (TPSA) is 69.0 Å². The first-order valence-corrected chi connectivity index (χ1v) is 8.88. The lowest BCUT2D eigenvalue weighted by molar-refractivity contribution is -0.113. The monoisotopic (exact) mass is 390 g/mol. The molecular formula is C18H16F2N4O2S. The van der Waals surface area contributed by atoms with Crippen LogP contribution in [0.2, 0.25) is 0 Å². The summed E-state index contributed by atoms with van der Waals surface area (Å²) >= 11 is 1.16. The summed E-state index contributed by atoms with van der Waals surface area (Å²) < 4.78 is 33.4. The molecule has 1 amide bonds. The quantitative estimate of drug-likeness (QED) is 0.653. The molecule has 27 heavy (non-hydrogen) atoms. The number of ether oxygens (including phenoxy) is 1. The number of anilines is 1. The molecule has 1 N–H and O–H groups in total. The molecule has 9 heteroatoms. The van der Waals surface area contributed by atoms with Gasteiger partial charge in [0.05, 0.1) is 18.4 Å². The molecule has 0 fully saturated rings. The number of hydrogen-bond donors (Lipinski definition) is 1. The third-order valence-corrected chi connectivity index (χ3v) is 4.68. The number of amides is 1. The Bertz CT molecular complexity index is 957. The van der Waals surface area contributed by atoms with Crippen LogP contribution in [0.15, 0.2) is 47.6 Å². The molecule has 140 valence electrons. The Morgan fingerprint density at radius 3 is 2.59 bits per heavy atom. The van der Waals surface area contributed by atoms with Crippen molar-refractivity contribution in [3.8, 4) is 17.1 Å². The van der Waals surface area contributed by atoms with Gasteiger partial charge >= 0.3 is 0 Å². The Morgan fingerprint density at radius 2 is 1.89 bits per heavy atom. The van der Waals surface area contributed by atoms with Gasteiger partial charge in [-0.25, -0.2) is 8.78 Å². The maximum Gasteiger partial charge on any atom is 0.234 e. The Balaban J connectivity index is 1.68. The number of para-hydroxylation sites is 1. The Hall–Kier alpha value is -2.94. The molecule has 0 atom stereocenters. The van der Waals surface area contributed by atoms with Crippen LogP contribution in [0.25, 0.3) is 11.4 Å². The molecule has 0 unspecified atom stereocenters. The zero-order chi connectivity index (χ0) is 19.4. The van der Waals surface area contributed by atoms with E-state index in [1.807, 2.05) is 24.3 Å². The van der Waals surface area contributed by atoms with Crippen molar-refractivity contribution in [1.29, 1.82) is 0 Å². The molecule has 0 aliphatic rings. The summed E-state index contributed by atoms with van der Waals surface area (Å²) in [5, 5.41) is 11.2. The van der Waals surface area contributed by atoms with Crippen molar-refractivity contribution in [2.75, 3.05) is 18.2 Å². The van der Waals surface area contributed by atoms with Crippen molar-refractivity contribution in [2.45, 2.75) is 5.16 Å². The van der Waals surface area contributed by atoms with Crippen LogP contribution in [0.3, 0.4) is 0 Å². The highest BCUT2D eigenvalue weighted by Crippen LogP contribution is 2.30. The van der Waals surface area contributed by atoms with E-state index in [4.69, 9.17) is 4.74 Å². The molecule has 0 bridgehead atoms. The number of thioether (sulfide) groups is 1. The van der Waals surface area contributed by atoms with Crippen molar-refractivity contribution in [3.05, 3.63) is 54.1 Å². The van der Waals surface area contributed by atoms with Gasteiger partial charge in [-0.1, -0.05) is 23.9 Å². The van der Waals surface area contributed by atoms with E-state index in [2.05, 4.69) is 15.5 Å². The van der Waals surface area contributed by atoms with Gasteiger partial charge in [-0.2, -0.15) is 0 Å². The smallest absolute Gasteiger partial charge is 0.234 e. The van der Waals surface area contributed by atoms with Crippen LogP contribution in [-0.2, 0) is 11.8 Å². The Labute approximate surface area is 158 Å². The van der Waals surface area contributed by atoms with Crippen LogP contribution in [0, 0.1) is 11.6 Å². The fraction of sp³-hybridized carbons (Fsp3) is 0.167. The summed E-state index contributed by atoms with van der Waals surface area (Å²) in [6.45, 7) is 0. The van der Waals surface area contributed by atoms with E-state index in [0.29, 0.717) is 16.7 Å². The summed E-state index contributed by atoms with van der Waals surface area (Å²) in [5.41, 5.74) is 0.840. The molecular weight excluding hydrogens is 374 g/mol.